The quantitative estimate of drug-likeness (QED) is 0.603. The van der Waals surface area contributed by atoms with E-state index in [9.17, 15) is 8.42 Å². The van der Waals surface area contributed by atoms with Crippen LogP contribution < -0.4 is 10.0 Å². The number of hydrogen-bond acceptors (Lipinski definition) is 4. The van der Waals surface area contributed by atoms with E-state index < -0.39 is 10.0 Å². The smallest absolute Gasteiger partial charge is 0.271 e. The molecule has 0 saturated heterocycles. The van der Waals surface area contributed by atoms with Gasteiger partial charge in [-0.2, -0.15) is 0 Å². The minimum Gasteiger partial charge on any atom is -0.385 e. The van der Waals surface area contributed by atoms with E-state index in [2.05, 4.69) is 22.2 Å². The Morgan fingerprint density at radius 1 is 0.880 bits per heavy atom. The molecule has 0 unspecified atom stereocenters. The maximum absolute atomic E-state index is 12.3. The summed E-state index contributed by atoms with van der Waals surface area (Å²) in [5.74, 6) is 0. The molecule has 1 heterocycles. The van der Waals surface area contributed by atoms with Gasteiger partial charge in [0.1, 0.15) is 4.21 Å². The fourth-order valence-corrected chi connectivity index (χ4v) is 4.84. The molecule has 3 aromatic rings. The maximum Gasteiger partial charge on any atom is 0.271 e. The third-order valence-electron chi connectivity index (χ3n) is 3.54. The maximum atomic E-state index is 12.3. The van der Waals surface area contributed by atoms with E-state index in [1.165, 1.54) is 11.6 Å². The van der Waals surface area contributed by atoms with E-state index in [1.54, 1.807) is 18.2 Å². The van der Waals surface area contributed by atoms with Crippen molar-refractivity contribution < 1.29 is 8.42 Å². The van der Waals surface area contributed by atoms with E-state index in [0.717, 1.165) is 30.0 Å². The molecular weight excluding hydrogens is 376 g/mol. The molecule has 4 nitrogen and oxygen atoms in total. The molecule has 25 heavy (non-hydrogen) atoms. The van der Waals surface area contributed by atoms with Crippen molar-refractivity contribution in [2.45, 2.75) is 10.6 Å². The van der Waals surface area contributed by atoms with Crippen LogP contribution in [0.15, 0.2) is 70.9 Å². The van der Waals surface area contributed by atoms with E-state index in [4.69, 9.17) is 11.6 Å². The van der Waals surface area contributed by atoms with Gasteiger partial charge in [-0.05, 0) is 48.4 Å². The highest BCUT2D eigenvalue weighted by Gasteiger charge is 2.16. The van der Waals surface area contributed by atoms with Gasteiger partial charge in [-0.25, -0.2) is 8.42 Å². The van der Waals surface area contributed by atoms with Crippen LogP contribution in [0, 0.1) is 0 Å². The molecule has 0 atom stereocenters. The molecule has 2 aromatic carbocycles. The van der Waals surface area contributed by atoms with Gasteiger partial charge in [0.05, 0.1) is 4.34 Å². The second-order valence-corrected chi connectivity index (χ2v) is 9.03. The molecule has 0 radical (unpaired) electrons. The van der Waals surface area contributed by atoms with Crippen molar-refractivity contribution in [3.63, 3.8) is 0 Å². The highest BCUT2D eigenvalue weighted by molar-refractivity contribution is 7.94. The van der Waals surface area contributed by atoms with Crippen molar-refractivity contribution in [1.29, 1.82) is 0 Å². The first kappa shape index (κ1) is 17.8. The Kier molecular flexibility index (Phi) is 5.63. The van der Waals surface area contributed by atoms with Gasteiger partial charge in [0.25, 0.3) is 10.0 Å². The van der Waals surface area contributed by atoms with Crippen LogP contribution in [-0.2, 0) is 16.4 Å². The van der Waals surface area contributed by atoms with Crippen molar-refractivity contribution in [3.05, 3.63) is 76.6 Å². The first-order valence-corrected chi connectivity index (χ1v) is 10.4. The Morgan fingerprint density at radius 2 is 1.56 bits per heavy atom. The molecule has 0 saturated carbocycles. The molecule has 1 aromatic heterocycles. The van der Waals surface area contributed by atoms with Gasteiger partial charge in [0.2, 0.25) is 0 Å². The minimum absolute atomic E-state index is 0.197. The zero-order valence-corrected chi connectivity index (χ0v) is 15.7. The van der Waals surface area contributed by atoms with Crippen molar-refractivity contribution >= 4 is 44.3 Å². The Balaban J connectivity index is 1.57. The Morgan fingerprint density at radius 3 is 2.20 bits per heavy atom. The summed E-state index contributed by atoms with van der Waals surface area (Å²) in [5.41, 5.74) is 2.73. The van der Waals surface area contributed by atoms with Crippen LogP contribution in [0.5, 0.6) is 0 Å². The van der Waals surface area contributed by atoms with Crippen LogP contribution in [0.1, 0.15) is 5.56 Å². The highest BCUT2D eigenvalue weighted by Crippen LogP contribution is 2.27. The Bertz CT molecular complexity index is 923. The van der Waals surface area contributed by atoms with Crippen LogP contribution in [0.3, 0.4) is 0 Å². The summed E-state index contributed by atoms with van der Waals surface area (Å²) < 4.78 is 27.7. The Labute approximate surface area is 156 Å². The van der Waals surface area contributed by atoms with Gasteiger partial charge in [-0.1, -0.05) is 41.9 Å². The summed E-state index contributed by atoms with van der Waals surface area (Å²) in [6.45, 7) is 0.808. The number of halogens is 1. The molecular formula is C18H17ClN2O2S2. The molecule has 2 N–H and O–H groups in total. The molecule has 0 bridgehead atoms. The van der Waals surface area contributed by atoms with Crippen LogP contribution in [0.4, 0.5) is 11.4 Å². The number of benzene rings is 2. The van der Waals surface area contributed by atoms with E-state index >= 15 is 0 Å². The van der Waals surface area contributed by atoms with Gasteiger partial charge in [-0.15, -0.1) is 11.3 Å². The zero-order valence-electron chi connectivity index (χ0n) is 13.3. The number of anilines is 2. The third-order valence-corrected chi connectivity index (χ3v) is 6.64. The fourth-order valence-electron chi connectivity index (χ4n) is 2.30. The van der Waals surface area contributed by atoms with Crippen molar-refractivity contribution in [3.8, 4) is 0 Å². The molecule has 0 fully saturated rings. The van der Waals surface area contributed by atoms with Crippen molar-refractivity contribution in [1.82, 2.24) is 0 Å². The Hall–Kier alpha value is -2.02. The molecule has 0 aliphatic carbocycles. The monoisotopic (exact) mass is 392 g/mol. The lowest BCUT2D eigenvalue weighted by molar-refractivity contribution is 0.603. The number of sulfonamides is 1. The SMILES string of the molecule is O=S(=O)(Nc1ccc(NCCc2ccccc2)cc1)c1ccc(Cl)s1. The lowest BCUT2D eigenvalue weighted by Gasteiger charge is -2.09. The van der Waals surface area contributed by atoms with Crippen molar-refractivity contribution in [2.75, 3.05) is 16.6 Å². The normalized spacial score (nSPS) is 11.2. The van der Waals surface area contributed by atoms with E-state index in [0.29, 0.717) is 10.0 Å². The van der Waals surface area contributed by atoms with Crippen LogP contribution in [0.25, 0.3) is 0 Å². The zero-order chi connectivity index (χ0) is 17.7. The van der Waals surface area contributed by atoms with Gasteiger partial charge < -0.3 is 5.32 Å². The highest BCUT2D eigenvalue weighted by atomic mass is 35.5. The van der Waals surface area contributed by atoms with Crippen LogP contribution >= 0.6 is 22.9 Å². The second-order valence-electron chi connectivity index (χ2n) is 5.40. The average Bonchev–Trinajstić information content (AvgIpc) is 3.05. The predicted octanol–water partition coefficient (Wildman–Crippen LogP) is 4.86. The van der Waals surface area contributed by atoms with Crippen LogP contribution in [0.2, 0.25) is 4.34 Å². The number of thiophene rings is 1. The standard InChI is InChI=1S/C18H17ClN2O2S2/c19-17-10-11-18(24-17)25(22,23)21-16-8-6-15(7-9-16)20-13-12-14-4-2-1-3-5-14/h1-11,20-21H,12-13H2. The first-order chi connectivity index (χ1) is 12.0. The summed E-state index contributed by atoms with van der Waals surface area (Å²) in [6, 6.07) is 20.5. The van der Waals surface area contributed by atoms with E-state index in [-0.39, 0.29) is 4.21 Å². The first-order valence-electron chi connectivity index (χ1n) is 7.69. The summed E-state index contributed by atoms with van der Waals surface area (Å²) in [6.07, 6.45) is 0.925. The molecule has 0 amide bonds. The third kappa shape index (κ3) is 4.98. The summed E-state index contributed by atoms with van der Waals surface area (Å²) in [5, 5.41) is 3.33. The summed E-state index contributed by atoms with van der Waals surface area (Å²) in [4.78, 5) is 0. The molecule has 0 spiro atoms. The van der Waals surface area contributed by atoms with Crippen molar-refractivity contribution in [2.24, 2.45) is 0 Å². The fraction of sp³-hybridized carbons (Fsp3) is 0.111. The number of nitrogens with one attached hydrogen (secondary N) is 2. The summed E-state index contributed by atoms with van der Waals surface area (Å²) in [7, 11) is -3.59. The topological polar surface area (TPSA) is 58.2 Å². The van der Waals surface area contributed by atoms with Crippen LogP contribution in [-0.4, -0.2) is 15.0 Å². The predicted molar refractivity (Wildman–Crippen MR) is 105 cm³/mol. The minimum atomic E-state index is -3.59. The molecule has 7 heteroatoms. The van der Waals surface area contributed by atoms with Gasteiger partial charge in [0.15, 0.2) is 0 Å². The molecule has 0 aliphatic rings. The number of hydrogen-bond donors (Lipinski definition) is 2. The molecule has 0 aliphatic heterocycles. The second kappa shape index (κ2) is 7.91. The largest absolute Gasteiger partial charge is 0.385 e. The lowest BCUT2D eigenvalue weighted by Crippen LogP contribution is -2.11. The van der Waals surface area contributed by atoms with Gasteiger partial charge in [0, 0.05) is 17.9 Å². The van der Waals surface area contributed by atoms with Gasteiger partial charge >= 0.3 is 0 Å². The number of rotatable bonds is 7. The summed E-state index contributed by atoms with van der Waals surface area (Å²) >= 11 is 6.83. The van der Waals surface area contributed by atoms with E-state index in [1.807, 2.05) is 30.3 Å². The van der Waals surface area contributed by atoms with Gasteiger partial charge in [-0.3, -0.25) is 4.72 Å². The average molecular weight is 393 g/mol. The lowest BCUT2D eigenvalue weighted by atomic mass is 10.1. The molecule has 3 rings (SSSR count). The molecule has 130 valence electrons.